The molecule has 0 bridgehead atoms. The number of benzene rings is 1. The summed E-state index contributed by atoms with van der Waals surface area (Å²) in [5.74, 6) is 0.525. The van der Waals surface area contributed by atoms with Crippen LogP contribution >= 0.6 is 0 Å². The van der Waals surface area contributed by atoms with Gasteiger partial charge < -0.3 is 21.1 Å². The summed E-state index contributed by atoms with van der Waals surface area (Å²) in [6.07, 6.45) is 0.651. The predicted octanol–water partition coefficient (Wildman–Crippen LogP) is 1.36. The summed E-state index contributed by atoms with van der Waals surface area (Å²) in [7, 11) is 1.62. The van der Waals surface area contributed by atoms with E-state index < -0.39 is 12.1 Å². The van der Waals surface area contributed by atoms with Gasteiger partial charge in [-0.15, -0.1) is 0 Å². The second-order valence-electron chi connectivity index (χ2n) is 5.59. The quantitative estimate of drug-likeness (QED) is 0.710. The van der Waals surface area contributed by atoms with Crippen molar-refractivity contribution in [2.45, 2.75) is 33.2 Å². The van der Waals surface area contributed by atoms with Gasteiger partial charge in [0.15, 0.2) is 0 Å². The molecule has 1 aromatic rings. The van der Waals surface area contributed by atoms with Crippen LogP contribution in [-0.2, 0) is 11.2 Å². The van der Waals surface area contributed by atoms with E-state index in [-0.39, 0.29) is 11.8 Å². The maximum absolute atomic E-state index is 12.1. The standard InChI is InChI=1S/C16H25N3O3/c1-10(2)14(19-16(17)21)15(20)18-8-7-12-9-11(3)5-6-13(12)22-4/h5-6,9-10,14H,7-8H2,1-4H3,(H,18,20)(H3,17,19,21)/t14-/m0/s1. The van der Waals surface area contributed by atoms with Gasteiger partial charge in [-0.3, -0.25) is 4.79 Å². The van der Waals surface area contributed by atoms with Crippen molar-refractivity contribution in [2.75, 3.05) is 13.7 Å². The molecule has 1 aromatic carbocycles. The van der Waals surface area contributed by atoms with Gasteiger partial charge >= 0.3 is 6.03 Å². The molecule has 0 aromatic heterocycles. The van der Waals surface area contributed by atoms with Crippen LogP contribution in [-0.4, -0.2) is 31.6 Å². The van der Waals surface area contributed by atoms with Crippen molar-refractivity contribution in [3.63, 3.8) is 0 Å². The number of primary amides is 1. The van der Waals surface area contributed by atoms with E-state index in [0.717, 1.165) is 16.9 Å². The second kappa shape index (κ2) is 8.26. The molecular weight excluding hydrogens is 282 g/mol. The number of hydrogen-bond acceptors (Lipinski definition) is 3. The Morgan fingerprint density at radius 1 is 1.32 bits per heavy atom. The molecule has 22 heavy (non-hydrogen) atoms. The molecule has 0 saturated heterocycles. The lowest BCUT2D eigenvalue weighted by atomic mass is 10.0. The number of hydrogen-bond donors (Lipinski definition) is 3. The molecule has 4 N–H and O–H groups in total. The molecule has 1 rings (SSSR count). The number of nitrogens with one attached hydrogen (secondary N) is 2. The van der Waals surface area contributed by atoms with Crippen LogP contribution in [0, 0.1) is 12.8 Å². The van der Waals surface area contributed by atoms with Crippen LogP contribution in [0.5, 0.6) is 5.75 Å². The van der Waals surface area contributed by atoms with Crippen molar-refractivity contribution in [2.24, 2.45) is 11.7 Å². The van der Waals surface area contributed by atoms with Crippen molar-refractivity contribution in [1.29, 1.82) is 0 Å². The van der Waals surface area contributed by atoms with Gasteiger partial charge in [-0.05, 0) is 30.9 Å². The molecule has 0 fully saturated rings. The molecule has 0 aliphatic rings. The SMILES string of the molecule is COc1ccc(C)cc1CCNC(=O)[C@@H](NC(N)=O)C(C)C. The van der Waals surface area contributed by atoms with Crippen molar-refractivity contribution < 1.29 is 14.3 Å². The summed E-state index contributed by atoms with van der Waals surface area (Å²) in [4.78, 5) is 23.1. The fourth-order valence-corrected chi connectivity index (χ4v) is 2.22. The van der Waals surface area contributed by atoms with Crippen LogP contribution in [0.4, 0.5) is 4.79 Å². The third-order valence-electron chi connectivity index (χ3n) is 3.38. The molecule has 3 amide bonds. The van der Waals surface area contributed by atoms with Gasteiger partial charge in [0.05, 0.1) is 7.11 Å². The summed E-state index contributed by atoms with van der Waals surface area (Å²) >= 11 is 0. The van der Waals surface area contributed by atoms with Crippen LogP contribution < -0.4 is 21.1 Å². The number of rotatable bonds is 7. The molecule has 6 nitrogen and oxygen atoms in total. The maximum atomic E-state index is 12.1. The summed E-state index contributed by atoms with van der Waals surface area (Å²) < 4.78 is 5.31. The van der Waals surface area contributed by atoms with E-state index >= 15 is 0 Å². The molecule has 0 heterocycles. The Bertz CT molecular complexity index is 529. The zero-order valence-electron chi connectivity index (χ0n) is 13.6. The van der Waals surface area contributed by atoms with Gasteiger partial charge in [-0.1, -0.05) is 31.5 Å². The average molecular weight is 307 g/mol. The lowest BCUT2D eigenvalue weighted by molar-refractivity contribution is -0.123. The van der Waals surface area contributed by atoms with E-state index in [1.54, 1.807) is 7.11 Å². The van der Waals surface area contributed by atoms with E-state index in [2.05, 4.69) is 10.6 Å². The number of carbonyl (C=O) groups is 2. The number of carbonyl (C=O) groups excluding carboxylic acids is 2. The van der Waals surface area contributed by atoms with Gasteiger partial charge in [0, 0.05) is 6.54 Å². The minimum absolute atomic E-state index is 0.0407. The number of urea groups is 1. The largest absolute Gasteiger partial charge is 0.496 e. The number of aryl methyl sites for hydroxylation is 1. The first-order valence-electron chi connectivity index (χ1n) is 7.32. The van der Waals surface area contributed by atoms with E-state index in [1.807, 2.05) is 39.0 Å². The van der Waals surface area contributed by atoms with Gasteiger partial charge in [0.25, 0.3) is 0 Å². The predicted molar refractivity (Wildman–Crippen MR) is 85.8 cm³/mol. The molecule has 1 atom stereocenters. The van der Waals surface area contributed by atoms with E-state index in [4.69, 9.17) is 10.5 Å². The minimum Gasteiger partial charge on any atom is -0.496 e. The smallest absolute Gasteiger partial charge is 0.312 e. The molecule has 0 aliphatic heterocycles. The highest BCUT2D eigenvalue weighted by atomic mass is 16.5. The Morgan fingerprint density at radius 3 is 2.55 bits per heavy atom. The van der Waals surface area contributed by atoms with Crippen LogP contribution in [0.25, 0.3) is 0 Å². The van der Waals surface area contributed by atoms with Crippen LogP contribution in [0.1, 0.15) is 25.0 Å². The van der Waals surface area contributed by atoms with Crippen molar-refractivity contribution >= 4 is 11.9 Å². The normalized spacial score (nSPS) is 11.9. The monoisotopic (exact) mass is 307 g/mol. The molecule has 0 unspecified atom stereocenters. The number of nitrogens with two attached hydrogens (primary N) is 1. The zero-order chi connectivity index (χ0) is 16.7. The van der Waals surface area contributed by atoms with Gasteiger partial charge in [0.2, 0.25) is 5.91 Å². The summed E-state index contributed by atoms with van der Waals surface area (Å²) in [5.41, 5.74) is 7.27. The van der Waals surface area contributed by atoms with Crippen LogP contribution in [0.15, 0.2) is 18.2 Å². The average Bonchev–Trinajstić information content (AvgIpc) is 2.44. The summed E-state index contributed by atoms with van der Waals surface area (Å²) in [5, 5.41) is 5.29. The first-order chi connectivity index (χ1) is 10.3. The molecule has 0 radical (unpaired) electrons. The second-order valence-corrected chi connectivity index (χ2v) is 5.59. The van der Waals surface area contributed by atoms with E-state index in [1.165, 1.54) is 0 Å². The molecule has 6 heteroatoms. The molecule has 0 spiro atoms. The van der Waals surface area contributed by atoms with Gasteiger partial charge in [0.1, 0.15) is 11.8 Å². The number of amides is 3. The van der Waals surface area contributed by atoms with Crippen molar-refractivity contribution in [1.82, 2.24) is 10.6 Å². The van der Waals surface area contributed by atoms with Crippen LogP contribution in [0.3, 0.4) is 0 Å². The first kappa shape index (κ1) is 17.8. The topological polar surface area (TPSA) is 93.4 Å². The highest BCUT2D eigenvalue weighted by Gasteiger charge is 2.22. The summed E-state index contributed by atoms with van der Waals surface area (Å²) in [6.45, 7) is 6.17. The first-order valence-corrected chi connectivity index (χ1v) is 7.32. The van der Waals surface area contributed by atoms with Crippen LogP contribution in [0.2, 0.25) is 0 Å². The molecule has 122 valence electrons. The van der Waals surface area contributed by atoms with Crippen molar-refractivity contribution in [3.8, 4) is 5.75 Å². The lowest BCUT2D eigenvalue weighted by Crippen LogP contribution is -2.51. The fourth-order valence-electron chi connectivity index (χ4n) is 2.22. The lowest BCUT2D eigenvalue weighted by Gasteiger charge is -2.20. The number of ether oxygens (including phenoxy) is 1. The Labute approximate surface area is 131 Å². The zero-order valence-corrected chi connectivity index (χ0v) is 13.6. The van der Waals surface area contributed by atoms with Gasteiger partial charge in [-0.25, -0.2) is 4.79 Å². The Balaban J connectivity index is 2.60. The highest BCUT2D eigenvalue weighted by Crippen LogP contribution is 2.19. The van der Waals surface area contributed by atoms with Gasteiger partial charge in [-0.2, -0.15) is 0 Å². The molecular formula is C16H25N3O3. The third-order valence-corrected chi connectivity index (χ3v) is 3.38. The Kier molecular flexibility index (Phi) is 6.69. The Hall–Kier alpha value is -2.24. The van der Waals surface area contributed by atoms with E-state index in [0.29, 0.717) is 13.0 Å². The maximum Gasteiger partial charge on any atom is 0.312 e. The minimum atomic E-state index is -0.700. The highest BCUT2D eigenvalue weighted by molar-refractivity contribution is 5.86. The Morgan fingerprint density at radius 2 is 2.00 bits per heavy atom. The molecule has 0 saturated carbocycles. The summed E-state index contributed by atoms with van der Waals surface area (Å²) in [6, 6.07) is 4.60. The van der Waals surface area contributed by atoms with Crippen molar-refractivity contribution in [3.05, 3.63) is 29.3 Å². The molecule has 0 aliphatic carbocycles. The third kappa shape index (κ3) is 5.27. The fraction of sp³-hybridized carbons (Fsp3) is 0.500. The number of methoxy groups -OCH3 is 1. The van der Waals surface area contributed by atoms with E-state index in [9.17, 15) is 9.59 Å².